The Bertz CT molecular complexity index is 695. The average Bonchev–Trinajstić information content (AvgIpc) is 2.68. The number of furan rings is 1. The molecular formula is C15H13BrO. The topological polar surface area (TPSA) is 13.1 Å². The smallest absolute Gasteiger partial charge is 0.149 e. The maximum atomic E-state index is 5.87. The minimum Gasteiger partial charge on any atom is -0.455 e. The molecule has 2 heteroatoms. The van der Waals surface area contributed by atoms with Gasteiger partial charge in [0.1, 0.15) is 11.2 Å². The second-order valence-electron chi connectivity index (χ2n) is 4.63. The first-order valence-corrected chi connectivity index (χ1v) is 6.57. The van der Waals surface area contributed by atoms with Gasteiger partial charge in [-0.1, -0.05) is 32.0 Å². The van der Waals surface area contributed by atoms with Gasteiger partial charge in [-0.3, -0.25) is 0 Å². The van der Waals surface area contributed by atoms with Crippen molar-refractivity contribution in [3.05, 3.63) is 46.4 Å². The van der Waals surface area contributed by atoms with Gasteiger partial charge in [0.05, 0.1) is 4.47 Å². The molecule has 0 bridgehead atoms. The highest BCUT2D eigenvalue weighted by atomic mass is 79.9. The Morgan fingerprint density at radius 3 is 2.59 bits per heavy atom. The lowest BCUT2D eigenvalue weighted by Crippen LogP contribution is -1.86. The molecule has 0 unspecified atom stereocenters. The van der Waals surface area contributed by atoms with Gasteiger partial charge in [0.2, 0.25) is 0 Å². The molecule has 3 aromatic rings. The van der Waals surface area contributed by atoms with Gasteiger partial charge in [0, 0.05) is 10.8 Å². The summed E-state index contributed by atoms with van der Waals surface area (Å²) in [5.74, 6) is 0.518. The molecule has 0 aliphatic carbocycles. The van der Waals surface area contributed by atoms with E-state index < -0.39 is 0 Å². The second-order valence-corrected chi connectivity index (χ2v) is 5.49. The van der Waals surface area contributed by atoms with E-state index in [1.54, 1.807) is 0 Å². The highest BCUT2D eigenvalue weighted by molar-refractivity contribution is 9.10. The van der Waals surface area contributed by atoms with E-state index in [1.807, 2.05) is 18.2 Å². The van der Waals surface area contributed by atoms with E-state index in [2.05, 4.69) is 48.0 Å². The molecule has 1 heterocycles. The molecule has 3 rings (SSSR count). The second kappa shape index (κ2) is 3.88. The van der Waals surface area contributed by atoms with Gasteiger partial charge in [-0.05, 0) is 45.6 Å². The molecule has 0 fully saturated rings. The van der Waals surface area contributed by atoms with Gasteiger partial charge in [0.25, 0.3) is 0 Å². The molecule has 0 amide bonds. The van der Waals surface area contributed by atoms with Crippen molar-refractivity contribution in [2.45, 2.75) is 19.8 Å². The summed E-state index contributed by atoms with van der Waals surface area (Å²) in [5, 5.41) is 2.38. The molecular weight excluding hydrogens is 276 g/mol. The third-order valence-corrected chi connectivity index (χ3v) is 3.71. The van der Waals surface area contributed by atoms with Crippen LogP contribution in [0.5, 0.6) is 0 Å². The van der Waals surface area contributed by atoms with Crippen molar-refractivity contribution >= 4 is 37.9 Å². The molecule has 1 nitrogen and oxygen atoms in total. The molecule has 2 aromatic carbocycles. The standard InChI is InChI=1S/C15H13BrO/c1-9(2)10-7-12-11-5-3-4-6-14(11)17-15(12)13(16)8-10/h3-9H,1-2H3. The fourth-order valence-corrected chi connectivity index (χ4v) is 2.70. The predicted molar refractivity (Wildman–Crippen MR) is 75.5 cm³/mol. The first kappa shape index (κ1) is 10.8. The molecule has 0 radical (unpaired) electrons. The van der Waals surface area contributed by atoms with Crippen molar-refractivity contribution in [2.75, 3.05) is 0 Å². The zero-order valence-corrected chi connectivity index (χ0v) is 11.4. The van der Waals surface area contributed by atoms with Crippen LogP contribution in [0.1, 0.15) is 25.3 Å². The van der Waals surface area contributed by atoms with Crippen LogP contribution in [-0.2, 0) is 0 Å². The first-order chi connectivity index (χ1) is 8.16. The van der Waals surface area contributed by atoms with E-state index in [9.17, 15) is 0 Å². The van der Waals surface area contributed by atoms with Crippen LogP contribution in [0.15, 0.2) is 45.3 Å². The third kappa shape index (κ3) is 1.67. The lowest BCUT2D eigenvalue weighted by Gasteiger charge is -2.05. The Morgan fingerprint density at radius 1 is 1.06 bits per heavy atom. The quantitative estimate of drug-likeness (QED) is 0.578. The van der Waals surface area contributed by atoms with E-state index in [0.717, 1.165) is 15.6 Å². The van der Waals surface area contributed by atoms with Gasteiger partial charge in [-0.15, -0.1) is 0 Å². The number of rotatable bonds is 1. The van der Waals surface area contributed by atoms with Crippen LogP contribution in [0.2, 0.25) is 0 Å². The van der Waals surface area contributed by atoms with Crippen LogP contribution in [0.3, 0.4) is 0 Å². The van der Waals surface area contributed by atoms with Crippen LogP contribution >= 0.6 is 15.9 Å². The summed E-state index contributed by atoms with van der Waals surface area (Å²) in [7, 11) is 0. The number of hydrogen-bond acceptors (Lipinski definition) is 1. The van der Waals surface area contributed by atoms with Gasteiger partial charge >= 0.3 is 0 Å². The molecule has 17 heavy (non-hydrogen) atoms. The lowest BCUT2D eigenvalue weighted by atomic mass is 10.0. The number of halogens is 1. The summed E-state index contributed by atoms with van der Waals surface area (Å²) < 4.78 is 6.91. The lowest BCUT2D eigenvalue weighted by molar-refractivity contribution is 0.666. The van der Waals surface area contributed by atoms with Gasteiger partial charge in [-0.2, -0.15) is 0 Å². The largest absolute Gasteiger partial charge is 0.455 e. The molecule has 0 saturated heterocycles. The summed E-state index contributed by atoms with van der Waals surface area (Å²) in [4.78, 5) is 0. The normalized spacial score (nSPS) is 11.8. The summed E-state index contributed by atoms with van der Waals surface area (Å²) in [5.41, 5.74) is 3.22. The Kier molecular flexibility index (Phi) is 2.48. The third-order valence-electron chi connectivity index (χ3n) is 3.12. The minimum atomic E-state index is 0.518. The molecule has 0 N–H and O–H groups in total. The number of benzene rings is 2. The molecule has 0 atom stereocenters. The fraction of sp³-hybridized carbons (Fsp3) is 0.200. The van der Waals surface area contributed by atoms with Crippen LogP contribution < -0.4 is 0 Å². The monoisotopic (exact) mass is 288 g/mol. The maximum Gasteiger partial charge on any atom is 0.149 e. The number of para-hydroxylation sites is 1. The van der Waals surface area contributed by atoms with E-state index in [1.165, 1.54) is 16.3 Å². The summed E-state index contributed by atoms with van der Waals surface area (Å²) >= 11 is 3.60. The SMILES string of the molecule is CC(C)c1cc(Br)c2oc3ccccc3c2c1. The molecule has 0 saturated carbocycles. The van der Waals surface area contributed by atoms with Crippen LogP contribution in [0, 0.1) is 0 Å². The summed E-state index contributed by atoms with van der Waals surface area (Å²) in [6, 6.07) is 12.6. The van der Waals surface area contributed by atoms with E-state index in [0.29, 0.717) is 5.92 Å². The average molecular weight is 289 g/mol. The summed E-state index contributed by atoms with van der Waals surface area (Å²) in [6.07, 6.45) is 0. The Hall–Kier alpha value is -1.28. The van der Waals surface area contributed by atoms with E-state index in [-0.39, 0.29) is 0 Å². The number of fused-ring (bicyclic) bond motifs is 3. The highest BCUT2D eigenvalue weighted by Gasteiger charge is 2.12. The van der Waals surface area contributed by atoms with E-state index >= 15 is 0 Å². The van der Waals surface area contributed by atoms with Crippen molar-refractivity contribution < 1.29 is 4.42 Å². The Morgan fingerprint density at radius 2 is 1.82 bits per heavy atom. The first-order valence-electron chi connectivity index (χ1n) is 5.77. The van der Waals surface area contributed by atoms with Crippen LogP contribution in [0.4, 0.5) is 0 Å². The van der Waals surface area contributed by atoms with Crippen molar-refractivity contribution in [2.24, 2.45) is 0 Å². The van der Waals surface area contributed by atoms with Gasteiger partial charge in [0.15, 0.2) is 0 Å². The molecule has 0 aliphatic heterocycles. The van der Waals surface area contributed by atoms with Crippen LogP contribution in [-0.4, -0.2) is 0 Å². The Balaban J connectivity index is 2.46. The molecule has 0 spiro atoms. The van der Waals surface area contributed by atoms with Crippen molar-refractivity contribution in [3.63, 3.8) is 0 Å². The zero-order chi connectivity index (χ0) is 12.0. The maximum absolute atomic E-state index is 5.87. The number of hydrogen-bond donors (Lipinski definition) is 0. The van der Waals surface area contributed by atoms with Crippen molar-refractivity contribution in [1.82, 2.24) is 0 Å². The molecule has 86 valence electrons. The van der Waals surface area contributed by atoms with Crippen molar-refractivity contribution in [1.29, 1.82) is 0 Å². The van der Waals surface area contributed by atoms with Crippen molar-refractivity contribution in [3.8, 4) is 0 Å². The van der Waals surface area contributed by atoms with E-state index in [4.69, 9.17) is 4.42 Å². The van der Waals surface area contributed by atoms with Crippen LogP contribution in [0.25, 0.3) is 21.9 Å². The fourth-order valence-electron chi connectivity index (χ4n) is 2.14. The molecule has 1 aromatic heterocycles. The van der Waals surface area contributed by atoms with Gasteiger partial charge < -0.3 is 4.42 Å². The Labute approximate surface area is 109 Å². The predicted octanol–water partition coefficient (Wildman–Crippen LogP) is 5.47. The zero-order valence-electron chi connectivity index (χ0n) is 9.83. The van der Waals surface area contributed by atoms with Gasteiger partial charge in [-0.25, -0.2) is 0 Å². The minimum absolute atomic E-state index is 0.518. The highest BCUT2D eigenvalue weighted by Crippen LogP contribution is 2.35. The molecule has 0 aliphatic rings. The summed E-state index contributed by atoms with van der Waals surface area (Å²) in [6.45, 7) is 4.41.